The fourth-order valence-electron chi connectivity index (χ4n) is 8.46. The zero-order valence-electron chi connectivity index (χ0n) is 30.7. The molecule has 0 saturated carbocycles. The number of amides is 3. The normalized spacial score (nSPS) is 26.8. The Morgan fingerprint density at radius 2 is 1.48 bits per heavy atom. The standard InChI is InChI=1S/C41H53N3O6S2/c1-41(2)36(39(48)43-22-11-18-34(43)52-41)42-37(46)30(25-28-14-8-5-9-15-28)20-19-29(24-27-12-6-4-7-13-27)33(45)26-31-21-23-51-35-17-10-16-32(40(49)50-3)44(35)38(31)47/h4-9,12-15,29-32,34-36H,10-11,16-26H2,1-3H3,(H,42,46)/t29-,30-,31-,32+,34+,35+,36-/m1/s1. The molecule has 2 aromatic carbocycles. The van der Waals surface area contributed by atoms with Crippen LogP contribution < -0.4 is 5.32 Å². The first-order valence-electron chi connectivity index (χ1n) is 19.0. The van der Waals surface area contributed by atoms with Crippen molar-refractivity contribution in [2.24, 2.45) is 17.8 Å². The highest BCUT2D eigenvalue weighted by Crippen LogP contribution is 2.44. The van der Waals surface area contributed by atoms with Crippen LogP contribution in [-0.4, -0.2) is 86.3 Å². The van der Waals surface area contributed by atoms with Gasteiger partial charge in [0.2, 0.25) is 17.7 Å². The molecule has 0 bridgehead atoms. The molecule has 3 amide bonds. The first-order valence-corrected chi connectivity index (χ1v) is 20.9. The number of nitrogens with one attached hydrogen (secondary N) is 1. The number of carbonyl (C=O) groups is 5. The Bertz CT molecular complexity index is 1590. The molecule has 4 aliphatic heterocycles. The molecular weight excluding hydrogens is 695 g/mol. The Morgan fingerprint density at radius 1 is 0.846 bits per heavy atom. The summed E-state index contributed by atoms with van der Waals surface area (Å²) in [4.78, 5) is 72.8. The van der Waals surface area contributed by atoms with Crippen LogP contribution >= 0.6 is 23.5 Å². The van der Waals surface area contributed by atoms with E-state index in [4.69, 9.17) is 4.74 Å². The van der Waals surface area contributed by atoms with Crippen molar-refractivity contribution in [2.45, 2.75) is 112 Å². The lowest BCUT2D eigenvalue weighted by molar-refractivity contribution is -0.157. The highest BCUT2D eigenvalue weighted by molar-refractivity contribution is 8.01. The number of fused-ring (bicyclic) bond motifs is 2. The van der Waals surface area contributed by atoms with Gasteiger partial charge in [-0.05, 0) is 94.9 Å². The largest absolute Gasteiger partial charge is 0.467 e. The zero-order valence-corrected chi connectivity index (χ0v) is 32.3. The summed E-state index contributed by atoms with van der Waals surface area (Å²) in [7, 11) is 1.36. The highest BCUT2D eigenvalue weighted by atomic mass is 32.2. The summed E-state index contributed by atoms with van der Waals surface area (Å²) in [6.45, 7) is 4.81. The summed E-state index contributed by atoms with van der Waals surface area (Å²) in [5.41, 5.74) is 2.05. The zero-order chi connectivity index (χ0) is 36.8. The van der Waals surface area contributed by atoms with E-state index in [9.17, 15) is 24.0 Å². The van der Waals surface area contributed by atoms with Crippen molar-refractivity contribution in [3.05, 3.63) is 71.8 Å². The topological polar surface area (TPSA) is 113 Å². The van der Waals surface area contributed by atoms with Crippen LogP contribution in [0.4, 0.5) is 0 Å². The van der Waals surface area contributed by atoms with Gasteiger partial charge in [-0.1, -0.05) is 60.7 Å². The van der Waals surface area contributed by atoms with Crippen LogP contribution in [0.25, 0.3) is 0 Å². The molecule has 6 rings (SSSR count). The average Bonchev–Trinajstić information content (AvgIpc) is 3.55. The van der Waals surface area contributed by atoms with Gasteiger partial charge in [-0.25, -0.2) is 4.79 Å². The number of carbonyl (C=O) groups excluding carboxylic acids is 5. The molecule has 11 heteroatoms. The summed E-state index contributed by atoms with van der Waals surface area (Å²) >= 11 is 3.46. The smallest absolute Gasteiger partial charge is 0.328 e. The monoisotopic (exact) mass is 747 g/mol. The number of benzene rings is 2. The molecule has 52 heavy (non-hydrogen) atoms. The quantitative estimate of drug-likeness (QED) is 0.247. The number of hydrogen-bond donors (Lipinski definition) is 1. The van der Waals surface area contributed by atoms with Gasteiger partial charge in [-0.15, -0.1) is 23.5 Å². The van der Waals surface area contributed by atoms with E-state index in [1.807, 2.05) is 79.4 Å². The number of ketones is 1. The van der Waals surface area contributed by atoms with E-state index < -0.39 is 40.6 Å². The minimum absolute atomic E-state index is 0.00759. The third kappa shape index (κ3) is 8.89. The Balaban J connectivity index is 1.20. The minimum atomic E-state index is -0.633. The summed E-state index contributed by atoms with van der Waals surface area (Å²) < 4.78 is 4.63. The number of methoxy groups -OCH3 is 1. The van der Waals surface area contributed by atoms with Crippen molar-refractivity contribution < 1.29 is 28.7 Å². The second-order valence-electron chi connectivity index (χ2n) is 15.3. The van der Waals surface area contributed by atoms with Crippen molar-refractivity contribution >= 4 is 53.0 Å². The summed E-state index contributed by atoms with van der Waals surface area (Å²) in [6, 6.07) is 18.6. The van der Waals surface area contributed by atoms with Gasteiger partial charge in [0.1, 0.15) is 17.9 Å². The van der Waals surface area contributed by atoms with Gasteiger partial charge in [0.05, 0.1) is 17.9 Å². The van der Waals surface area contributed by atoms with Gasteiger partial charge < -0.3 is 19.9 Å². The fraction of sp³-hybridized carbons (Fsp3) is 0.585. The Hall–Kier alpha value is -3.31. The van der Waals surface area contributed by atoms with Gasteiger partial charge >= 0.3 is 5.97 Å². The molecule has 2 aromatic rings. The molecule has 4 heterocycles. The third-order valence-electron chi connectivity index (χ3n) is 11.4. The molecule has 4 fully saturated rings. The van der Waals surface area contributed by atoms with Crippen molar-refractivity contribution in [3.8, 4) is 0 Å². The average molecular weight is 748 g/mol. The predicted molar refractivity (Wildman–Crippen MR) is 205 cm³/mol. The number of hydrogen-bond acceptors (Lipinski definition) is 8. The van der Waals surface area contributed by atoms with E-state index in [0.29, 0.717) is 38.5 Å². The number of esters is 1. The number of rotatable bonds is 13. The van der Waals surface area contributed by atoms with Crippen LogP contribution in [0.2, 0.25) is 0 Å². The second-order valence-corrected chi connectivity index (χ2v) is 18.5. The molecule has 0 radical (unpaired) electrons. The first kappa shape index (κ1) is 38.4. The lowest BCUT2D eigenvalue weighted by atomic mass is 9.82. The van der Waals surface area contributed by atoms with Crippen molar-refractivity contribution in [2.75, 3.05) is 19.4 Å². The van der Waals surface area contributed by atoms with Crippen molar-refractivity contribution in [1.82, 2.24) is 15.1 Å². The van der Waals surface area contributed by atoms with E-state index in [-0.39, 0.29) is 40.7 Å². The van der Waals surface area contributed by atoms with Gasteiger partial charge in [-0.3, -0.25) is 19.2 Å². The van der Waals surface area contributed by atoms with Crippen LogP contribution in [0.5, 0.6) is 0 Å². The SMILES string of the molecule is COC(=O)[C@@H]1CCC[C@@H]2SCC[C@H](CC(=O)[C@H](CC[C@H](Cc3ccccc3)C(=O)N[C@@H]3C(=O)N4CCC[C@@H]4SC3(C)C)Cc3ccccc3)C(=O)N21. The molecule has 4 aliphatic rings. The molecular formula is C41H53N3O6S2. The van der Waals surface area contributed by atoms with Crippen molar-refractivity contribution in [3.63, 3.8) is 0 Å². The summed E-state index contributed by atoms with van der Waals surface area (Å²) in [6.07, 6.45) is 6.80. The highest BCUT2D eigenvalue weighted by Gasteiger charge is 2.50. The molecule has 280 valence electrons. The number of nitrogens with zero attached hydrogens (tertiary/aromatic N) is 2. The van der Waals surface area contributed by atoms with E-state index in [2.05, 4.69) is 5.32 Å². The molecule has 1 N–H and O–H groups in total. The van der Waals surface area contributed by atoms with E-state index in [0.717, 1.165) is 49.1 Å². The van der Waals surface area contributed by atoms with Gasteiger partial charge in [0.15, 0.2) is 0 Å². The maximum absolute atomic E-state index is 14.4. The number of piperidine rings is 1. The van der Waals surface area contributed by atoms with Gasteiger partial charge in [0, 0.05) is 35.5 Å². The molecule has 4 saturated heterocycles. The van der Waals surface area contributed by atoms with Gasteiger partial charge in [-0.2, -0.15) is 0 Å². The molecule has 0 aromatic heterocycles. The minimum Gasteiger partial charge on any atom is -0.467 e. The Labute approximate surface area is 316 Å². The van der Waals surface area contributed by atoms with Crippen LogP contribution in [0.15, 0.2) is 60.7 Å². The molecule has 0 aliphatic carbocycles. The molecule has 0 unspecified atom stereocenters. The first-order chi connectivity index (χ1) is 25.1. The second kappa shape index (κ2) is 17.2. The lowest BCUT2D eigenvalue weighted by Gasteiger charge is -2.45. The van der Waals surface area contributed by atoms with Crippen LogP contribution in [0.1, 0.15) is 82.8 Å². The van der Waals surface area contributed by atoms with E-state index in [1.54, 1.807) is 28.4 Å². The maximum atomic E-state index is 14.4. The maximum Gasteiger partial charge on any atom is 0.328 e. The third-order valence-corrected chi connectivity index (χ3v) is 14.3. The summed E-state index contributed by atoms with van der Waals surface area (Å²) in [5, 5.41) is 3.27. The Kier molecular flexibility index (Phi) is 12.7. The predicted octanol–water partition coefficient (Wildman–Crippen LogP) is 6.04. The number of ether oxygens (including phenoxy) is 1. The molecule has 9 nitrogen and oxygen atoms in total. The van der Waals surface area contributed by atoms with E-state index >= 15 is 0 Å². The van der Waals surface area contributed by atoms with Crippen molar-refractivity contribution in [1.29, 1.82) is 0 Å². The van der Waals surface area contributed by atoms with E-state index in [1.165, 1.54) is 7.11 Å². The number of thioether (sulfide) groups is 2. The Morgan fingerprint density at radius 3 is 2.15 bits per heavy atom. The van der Waals surface area contributed by atoms with Crippen LogP contribution in [0, 0.1) is 17.8 Å². The lowest BCUT2D eigenvalue weighted by Crippen LogP contribution is -2.63. The summed E-state index contributed by atoms with van der Waals surface area (Å²) in [5.74, 6) is -1.31. The number of Topliss-reactive ketones (excluding diaryl/α,β-unsaturated/α-hetero) is 1. The molecule has 7 atom stereocenters. The van der Waals surface area contributed by atoms with Crippen LogP contribution in [0.3, 0.4) is 0 Å². The molecule has 0 spiro atoms. The van der Waals surface area contributed by atoms with Crippen LogP contribution in [-0.2, 0) is 41.6 Å². The van der Waals surface area contributed by atoms with Gasteiger partial charge in [0.25, 0.3) is 0 Å². The fourth-order valence-corrected chi connectivity index (χ4v) is 11.5.